The maximum absolute atomic E-state index is 12.2. The number of anilines is 1. The molecule has 1 aromatic carbocycles. The van der Waals surface area contributed by atoms with Crippen molar-refractivity contribution >= 4 is 33.4 Å². The van der Waals surface area contributed by atoms with Gasteiger partial charge in [0.05, 0.1) is 16.3 Å². The molecule has 1 amide bonds. The van der Waals surface area contributed by atoms with Crippen LogP contribution in [0.4, 0.5) is 5.69 Å². The van der Waals surface area contributed by atoms with Crippen LogP contribution < -0.4 is 10.0 Å². The number of carbonyl (C=O) groups excluding carboxylic acids is 1. The third-order valence-electron chi connectivity index (χ3n) is 2.91. The number of hydrogen-bond acceptors (Lipinski definition) is 4. The molecular weight excluding hydrogens is 296 g/mol. The van der Waals surface area contributed by atoms with Crippen LogP contribution in [0.15, 0.2) is 28.0 Å². The minimum atomic E-state index is -3.52. The minimum absolute atomic E-state index is 0.107. The zero-order chi connectivity index (χ0) is 14.8. The van der Waals surface area contributed by atoms with E-state index in [1.165, 1.54) is 17.8 Å². The monoisotopic (exact) mass is 314 g/mol. The Morgan fingerprint density at radius 3 is 2.85 bits per heavy atom. The molecule has 0 aliphatic carbocycles. The lowest BCUT2D eigenvalue weighted by Gasteiger charge is -2.17. The van der Waals surface area contributed by atoms with Gasteiger partial charge in [-0.25, -0.2) is 13.1 Å². The van der Waals surface area contributed by atoms with E-state index >= 15 is 0 Å². The van der Waals surface area contributed by atoms with E-state index in [-0.39, 0.29) is 10.8 Å². The molecule has 2 N–H and O–H groups in total. The molecule has 0 spiro atoms. The fourth-order valence-corrected chi connectivity index (χ4v) is 3.66. The maximum Gasteiger partial charge on any atom is 0.240 e. The van der Waals surface area contributed by atoms with Gasteiger partial charge in [-0.1, -0.05) is 13.8 Å². The van der Waals surface area contributed by atoms with Crippen LogP contribution in [-0.4, -0.2) is 26.6 Å². The molecule has 1 aliphatic rings. The summed E-state index contributed by atoms with van der Waals surface area (Å²) in [5, 5.41) is 2.69. The number of sulfonamides is 1. The summed E-state index contributed by atoms with van der Waals surface area (Å²) in [6.07, 6.45) is 0.788. The Kier molecular flexibility index (Phi) is 4.72. The number of amides is 1. The molecule has 0 fully saturated rings. The summed E-state index contributed by atoms with van der Waals surface area (Å²) < 4.78 is 26.9. The summed E-state index contributed by atoms with van der Waals surface area (Å²) >= 11 is 1.41. The molecule has 1 aliphatic heterocycles. The van der Waals surface area contributed by atoms with Gasteiger partial charge in [-0.2, -0.15) is 0 Å². The molecule has 2 rings (SSSR count). The van der Waals surface area contributed by atoms with Crippen LogP contribution in [0.5, 0.6) is 0 Å². The topological polar surface area (TPSA) is 75.3 Å². The number of carbonyl (C=O) groups is 1. The van der Waals surface area contributed by atoms with E-state index in [1.807, 2.05) is 13.8 Å². The molecule has 1 heterocycles. The summed E-state index contributed by atoms with van der Waals surface area (Å²) in [5.74, 6) is 0.702. The van der Waals surface area contributed by atoms with Crippen molar-refractivity contribution in [2.45, 2.75) is 30.1 Å². The van der Waals surface area contributed by atoms with Gasteiger partial charge in [-0.3, -0.25) is 4.79 Å². The highest BCUT2D eigenvalue weighted by Gasteiger charge is 2.20. The van der Waals surface area contributed by atoms with Crippen LogP contribution in [0.1, 0.15) is 20.3 Å². The van der Waals surface area contributed by atoms with Gasteiger partial charge >= 0.3 is 0 Å². The lowest BCUT2D eigenvalue weighted by Crippen LogP contribution is -2.26. The molecule has 5 nitrogen and oxygen atoms in total. The fraction of sp³-hybridized carbons (Fsp3) is 0.462. The van der Waals surface area contributed by atoms with E-state index < -0.39 is 10.0 Å². The van der Waals surface area contributed by atoms with Gasteiger partial charge in [0.15, 0.2) is 0 Å². The van der Waals surface area contributed by atoms with E-state index in [1.54, 1.807) is 12.1 Å². The number of benzene rings is 1. The van der Waals surface area contributed by atoms with Crippen molar-refractivity contribution in [1.29, 1.82) is 0 Å². The van der Waals surface area contributed by atoms with Gasteiger partial charge < -0.3 is 5.32 Å². The molecule has 0 bridgehead atoms. The molecule has 0 aromatic heterocycles. The first-order chi connectivity index (χ1) is 9.38. The Labute approximate surface area is 123 Å². The summed E-state index contributed by atoms with van der Waals surface area (Å²) in [7, 11) is -3.52. The average Bonchev–Trinajstić information content (AvgIpc) is 2.37. The molecule has 0 radical (unpaired) electrons. The number of fused-ring (bicyclic) bond motifs is 1. The van der Waals surface area contributed by atoms with Crippen LogP contribution in [0, 0.1) is 5.92 Å². The van der Waals surface area contributed by atoms with Crippen molar-refractivity contribution < 1.29 is 13.2 Å². The third-order valence-corrected chi connectivity index (χ3v) is 5.44. The molecule has 0 saturated carbocycles. The predicted molar refractivity (Wildman–Crippen MR) is 80.4 cm³/mol. The number of thioether (sulfide) groups is 1. The van der Waals surface area contributed by atoms with E-state index in [4.69, 9.17) is 0 Å². The second-order valence-corrected chi connectivity index (χ2v) is 7.86. The van der Waals surface area contributed by atoms with Gasteiger partial charge in [-0.15, -0.1) is 11.8 Å². The van der Waals surface area contributed by atoms with Crippen molar-refractivity contribution in [2.24, 2.45) is 5.92 Å². The Hall–Kier alpha value is -1.05. The highest BCUT2D eigenvalue weighted by molar-refractivity contribution is 8.00. The van der Waals surface area contributed by atoms with Crippen LogP contribution in [-0.2, 0) is 14.8 Å². The average molecular weight is 314 g/mol. The van der Waals surface area contributed by atoms with Crippen molar-refractivity contribution in [3.63, 3.8) is 0 Å². The highest BCUT2D eigenvalue weighted by Crippen LogP contribution is 2.32. The maximum atomic E-state index is 12.2. The Morgan fingerprint density at radius 1 is 1.40 bits per heavy atom. The van der Waals surface area contributed by atoms with Gasteiger partial charge in [0.2, 0.25) is 15.9 Å². The van der Waals surface area contributed by atoms with Crippen molar-refractivity contribution in [2.75, 3.05) is 17.6 Å². The summed E-state index contributed by atoms with van der Waals surface area (Å²) in [6.45, 7) is 4.50. The third kappa shape index (κ3) is 3.74. The highest BCUT2D eigenvalue weighted by atomic mass is 32.2. The molecule has 0 atom stereocenters. The lowest BCUT2D eigenvalue weighted by atomic mass is 10.1. The van der Waals surface area contributed by atoms with Gasteiger partial charge in [0, 0.05) is 11.4 Å². The molecule has 110 valence electrons. The van der Waals surface area contributed by atoms with Gasteiger partial charge in [0.25, 0.3) is 0 Å². The first-order valence-corrected chi connectivity index (χ1v) is 8.92. The van der Waals surface area contributed by atoms with Crippen molar-refractivity contribution in [3.05, 3.63) is 18.2 Å². The Bertz CT molecular complexity index is 612. The second kappa shape index (κ2) is 6.15. The first kappa shape index (κ1) is 15.3. The molecule has 0 saturated heterocycles. The molecular formula is C13H18N2O3S2. The Morgan fingerprint density at radius 2 is 2.15 bits per heavy atom. The minimum Gasteiger partial charge on any atom is -0.324 e. The molecule has 20 heavy (non-hydrogen) atoms. The van der Waals surface area contributed by atoms with E-state index in [2.05, 4.69) is 10.0 Å². The zero-order valence-corrected chi connectivity index (χ0v) is 13.1. The number of rotatable bonds is 5. The first-order valence-electron chi connectivity index (χ1n) is 6.45. The van der Waals surface area contributed by atoms with Crippen LogP contribution >= 0.6 is 11.8 Å². The van der Waals surface area contributed by atoms with E-state index in [9.17, 15) is 13.2 Å². The molecule has 7 heteroatoms. The van der Waals surface area contributed by atoms with Crippen LogP contribution in [0.2, 0.25) is 0 Å². The summed E-state index contributed by atoms with van der Waals surface area (Å²) in [4.78, 5) is 12.4. The van der Waals surface area contributed by atoms with E-state index in [0.29, 0.717) is 23.9 Å². The standard InChI is InChI=1S/C13H18N2O3S2/c1-9(2)5-6-14-20(17,18)10-3-4-12-11(7-10)15-13(16)8-19-12/h3-4,7,9,14H,5-6,8H2,1-2H3,(H,15,16). The smallest absolute Gasteiger partial charge is 0.240 e. The van der Waals surface area contributed by atoms with Gasteiger partial charge in [-0.05, 0) is 30.5 Å². The summed E-state index contributed by atoms with van der Waals surface area (Å²) in [5.41, 5.74) is 0.568. The van der Waals surface area contributed by atoms with Crippen molar-refractivity contribution in [3.8, 4) is 0 Å². The quantitative estimate of drug-likeness (QED) is 0.872. The zero-order valence-electron chi connectivity index (χ0n) is 11.5. The molecule has 0 unspecified atom stereocenters. The second-order valence-electron chi connectivity index (χ2n) is 5.08. The van der Waals surface area contributed by atoms with Crippen LogP contribution in [0.25, 0.3) is 0 Å². The SMILES string of the molecule is CC(C)CCNS(=O)(=O)c1ccc2c(c1)NC(=O)CS2. The normalized spacial score (nSPS) is 15.1. The predicted octanol–water partition coefficient (Wildman–Crippen LogP) is 2.06. The summed E-state index contributed by atoms with van der Waals surface area (Å²) in [6, 6.07) is 4.81. The van der Waals surface area contributed by atoms with E-state index in [0.717, 1.165) is 11.3 Å². The van der Waals surface area contributed by atoms with Gasteiger partial charge in [0.1, 0.15) is 0 Å². The molecule has 1 aromatic rings. The Balaban J connectivity index is 2.16. The fourth-order valence-electron chi connectivity index (χ4n) is 1.79. The lowest BCUT2D eigenvalue weighted by molar-refractivity contribution is -0.113. The number of nitrogens with one attached hydrogen (secondary N) is 2. The largest absolute Gasteiger partial charge is 0.324 e. The van der Waals surface area contributed by atoms with Crippen molar-refractivity contribution in [1.82, 2.24) is 4.72 Å². The van der Waals surface area contributed by atoms with Crippen LogP contribution in [0.3, 0.4) is 0 Å². The number of hydrogen-bond donors (Lipinski definition) is 2.